The zero-order chi connectivity index (χ0) is 12.1. The lowest BCUT2D eigenvalue weighted by Gasteiger charge is -2.34. The Balaban J connectivity index is 1.89. The molecule has 2 aliphatic rings. The van der Waals surface area contributed by atoms with Gasteiger partial charge >= 0.3 is 6.03 Å². The summed E-state index contributed by atoms with van der Waals surface area (Å²) in [6.45, 7) is 2.58. The van der Waals surface area contributed by atoms with Gasteiger partial charge in [-0.2, -0.15) is 0 Å². The molecule has 0 radical (unpaired) electrons. The number of alkyl halides is 1. The summed E-state index contributed by atoms with van der Waals surface area (Å²) in [5.74, 6) is 0.620. The molecule has 2 fully saturated rings. The number of carbonyl (C=O) groups is 1. The van der Waals surface area contributed by atoms with Crippen LogP contribution in [0.15, 0.2) is 0 Å². The van der Waals surface area contributed by atoms with Crippen molar-refractivity contribution in [3.05, 3.63) is 0 Å². The van der Waals surface area contributed by atoms with Gasteiger partial charge in [0.05, 0.1) is 0 Å². The SMILES string of the molecule is O=C(NCCF)N1CCCC1C1CCNCC1. The maximum absolute atomic E-state index is 12.1. The highest BCUT2D eigenvalue weighted by atomic mass is 19.1. The lowest BCUT2D eigenvalue weighted by atomic mass is 9.89. The van der Waals surface area contributed by atoms with Crippen LogP contribution < -0.4 is 10.6 Å². The van der Waals surface area contributed by atoms with E-state index in [-0.39, 0.29) is 12.6 Å². The van der Waals surface area contributed by atoms with E-state index < -0.39 is 6.67 Å². The molecule has 2 N–H and O–H groups in total. The van der Waals surface area contributed by atoms with E-state index in [2.05, 4.69) is 10.6 Å². The van der Waals surface area contributed by atoms with Crippen LogP contribution in [0.25, 0.3) is 0 Å². The molecule has 4 nitrogen and oxygen atoms in total. The highest BCUT2D eigenvalue weighted by molar-refractivity contribution is 5.74. The first-order valence-electron chi connectivity index (χ1n) is 6.64. The van der Waals surface area contributed by atoms with Crippen molar-refractivity contribution in [1.29, 1.82) is 0 Å². The van der Waals surface area contributed by atoms with Gasteiger partial charge in [-0.05, 0) is 44.7 Å². The molecule has 17 heavy (non-hydrogen) atoms. The van der Waals surface area contributed by atoms with Crippen LogP contribution in [-0.2, 0) is 0 Å². The normalized spacial score (nSPS) is 26.2. The Labute approximate surface area is 102 Å². The fraction of sp³-hybridized carbons (Fsp3) is 0.917. The Kier molecular flexibility index (Phi) is 4.59. The van der Waals surface area contributed by atoms with Crippen LogP contribution in [0.5, 0.6) is 0 Å². The summed E-state index contributed by atoms with van der Waals surface area (Å²) in [4.78, 5) is 13.8. The number of hydrogen-bond acceptors (Lipinski definition) is 2. The van der Waals surface area contributed by atoms with Gasteiger partial charge in [-0.3, -0.25) is 0 Å². The molecule has 0 bridgehead atoms. The molecule has 0 spiro atoms. The van der Waals surface area contributed by atoms with Gasteiger partial charge in [-0.1, -0.05) is 0 Å². The Morgan fingerprint density at radius 3 is 2.82 bits per heavy atom. The molecule has 0 saturated carbocycles. The number of likely N-dealkylation sites (tertiary alicyclic amines) is 1. The third kappa shape index (κ3) is 3.09. The van der Waals surface area contributed by atoms with Gasteiger partial charge in [0.25, 0.3) is 0 Å². The highest BCUT2D eigenvalue weighted by Crippen LogP contribution is 2.29. The van der Waals surface area contributed by atoms with Crippen molar-refractivity contribution >= 4 is 6.03 Å². The summed E-state index contributed by atoms with van der Waals surface area (Å²) >= 11 is 0. The van der Waals surface area contributed by atoms with Crippen LogP contribution in [0.3, 0.4) is 0 Å². The minimum atomic E-state index is -0.488. The molecule has 2 aliphatic heterocycles. The van der Waals surface area contributed by atoms with E-state index in [0.717, 1.165) is 45.3 Å². The Bertz CT molecular complexity index is 256. The van der Waals surface area contributed by atoms with E-state index >= 15 is 0 Å². The van der Waals surface area contributed by atoms with Crippen LogP contribution in [0.4, 0.5) is 9.18 Å². The van der Waals surface area contributed by atoms with Crippen molar-refractivity contribution in [2.75, 3.05) is 32.9 Å². The molecule has 1 atom stereocenters. The number of hydrogen-bond donors (Lipinski definition) is 2. The maximum atomic E-state index is 12.1. The second-order valence-electron chi connectivity index (χ2n) is 4.91. The third-order valence-electron chi connectivity index (χ3n) is 3.86. The molecule has 2 heterocycles. The van der Waals surface area contributed by atoms with E-state index in [1.165, 1.54) is 0 Å². The van der Waals surface area contributed by atoms with Crippen LogP contribution in [0, 0.1) is 5.92 Å². The standard InChI is InChI=1S/C12H22FN3O/c13-5-8-15-12(17)16-9-1-2-11(16)10-3-6-14-7-4-10/h10-11,14H,1-9H2,(H,15,17). The second kappa shape index (κ2) is 6.19. The topological polar surface area (TPSA) is 44.4 Å². The average Bonchev–Trinajstić information content (AvgIpc) is 2.86. The predicted octanol–water partition coefficient (Wildman–Crippen LogP) is 1.13. The number of nitrogens with zero attached hydrogens (tertiary/aromatic N) is 1. The molecule has 5 heteroatoms. The van der Waals surface area contributed by atoms with Crippen molar-refractivity contribution in [3.8, 4) is 0 Å². The monoisotopic (exact) mass is 243 g/mol. The quantitative estimate of drug-likeness (QED) is 0.780. The first-order chi connectivity index (χ1) is 8.33. The Morgan fingerprint density at radius 1 is 1.35 bits per heavy atom. The summed E-state index contributed by atoms with van der Waals surface area (Å²) in [5.41, 5.74) is 0. The molecular formula is C12H22FN3O. The van der Waals surface area contributed by atoms with Crippen LogP contribution >= 0.6 is 0 Å². The van der Waals surface area contributed by atoms with Crippen molar-refractivity contribution < 1.29 is 9.18 Å². The average molecular weight is 243 g/mol. The zero-order valence-corrected chi connectivity index (χ0v) is 10.3. The molecule has 0 aromatic rings. The van der Waals surface area contributed by atoms with Crippen LogP contribution in [0.1, 0.15) is 25.7 Å². The van der Waals surface area contributed by atoms with Gasteiger partial charge in [-0.25, -0.2) is 9.18 Å². The summed E-state index contributed by atoms with van der Waals surface area (Å²) in [7, 11) is 0. The van der Waals surface area contributed by atoms with Crippen molar-refractivity contribution in [2.24, 2.45) is 5.92 Å². The summed E-state index contributed by atoms with van der Waals surface area (Å²) in [5, 5.41) is 5.99. The molecule has 0 aliphatic carbocycles. The van der Waals surface area contributed by atoms with Gasteiger partial charge in [0.1, 0.15) is 6.67 Å². The highest BCUT2D eigenvalue weighted by Gasteiger charge is 2.34. The number of amides is 2. The third-order valence-corrected chi connectivity index (χ3v) is 3.86. The number of halogens is 1. The minimum absolute atomic E-state index is 0.0799. The fourth-order valence-corrected chi connectivity index (χ4v) is 3.02. The lowest BCUT2D eigenvalue weighted by Crippen LogP contribution is -2.48. The summed E-state index contributed by atoms with van der Waals surface area (Å²) in [6, 6.07) is 0.292. The molecule has 2 saturated heterocycles. The fourth-order valence-electron chi connectivity index (χ4n) is 3.02. The molecule has 2 amide bonds. The Hall–Kier alpha value is -0.840. The van der Waals surface area contributed by atoms with Crippen LogP contribution in [0.2, 0.25) is 0 Å². The van der Waals surface area contributed by atoms with Crippen molar-refractivity contribution in [3.63, 3.8) is 0 Å². The molecule has 2 rings (SSSR count). The number of nitrogens with one attached hydrogen (secondary N) is 2. The van der Waals surface area contributed by atoms with Gasteiger partial charge in [0.2, 0.25) is 0 Å². The first-order valence-corrected chi connectivity index (χ1v) is 6.64. The first kappa shape index (κ1) is 12.6. The summed E-state index contributed by atoms with van der Waals surface area (Å²) in [6.07, 6.45) is 4.49. The summed E-state index contributed by atoms with van der Waals surface area (Å²) < 4.78 is 12.1. The molecule has 0 aromatic heterocycles. The van der Waals surface area contributed by atoms with Gasteiger partial charge < -0.3 is 15.5 Å². The van der Waals surface area contributed by atoms with Gasteiger partial charge in [0, 0.05) is 19.1 Å². The lowest BCUT2D eigenvalue weighted by molar-refractivity contribution is 0.159. The number of carbonyl (C=O) groups excluding carboxylic acids is 1. The number of piperidine rings is 1. The van der Waals surface area contributed by atoms with Gasteiger partial charge in [0.15, 0.2) is 0 Å². The van der Waals surface area contributed by atoms with Crippen LogP contribution in [-0.4, -0.2) is 49.8 Å². The van der Waals surface area contributed by atoms with E-state index in [1.807, 2.05) is 4.90 Å². The maximum Gasteiger partial charge on any atom is 0.317 e. The van der Waals surface area contributed by atoms with Crippen molar-refractivity contribution in [1.82, 2.24) is 15.5 Å². The largest absolute Gasteiger partial charge is 0.335 e. The number of urea groups is 1. The van der Waals surface area contributed by atoms with E-state index in [4.69, 9.17) is 0 Å². The predicted molar refractivity (Wildman–Crippen MR) is 64.7 cm³/mol. The van der Waals surface area contributed by atoms with E-state index in [1.54, 1.807) is 0 Å². The molecule has 1 unspecified atom stereocenters. The number of rotatable bonds is 3. The van der Waals surface area contributed by atoms with Gasteiger partial charge in [-0.15, -0.1) is 0 Å². The minimum Gasteiger partial charge on any atom is -0.335 e. The molecular weight excluding hydrogens is 221 g/mol. The van der Waals surface area contributed by atoms with Crippen molar-refractivity contribution in [2.45, 2.75) is 31.7 Å². The van der Waals surface area contributed by atoms with E-state index in [9.17, 15) is 9.18 Å². The molecule has 0 aromatic carbocycles. The zero-order valence-electron chi connectivity index (χ0n) is 10.3. The molecule has 98 valence electrons. The van der Waals surface area contributed by atoms with E-state index in [0.29, 0.717) is 12.0 Å². The second-order valence-corrected chi connectivity index (χ2v) is 4.91. The smallest absolute Gasteiger partial charge is 0.317 e. The Morgan fingerprint density at radius 2 is 2.12 bits per heavy atom.